The van der Waals surface area contributed by atoms with E-state index in [0.29, 0.717) is 16.4 Å². The van der Waals surface area contributed by atoms with E-state index in [1.54, 1.807) is 37.4 Å². The zero-order chi connectivity index (χ0) is 17.3. The Bertz CT molecular complexity index is 817. The highest BCUT2D eigenvalue weighted by molar-refractivity contribution is 7.15. The van der Waals surface area contributed by atoms with Crippen LogP contribution in [0.25, 0.3) is 0 Å². The summed E-state index contributed by atoms with van der Waals surface area (Å²) < 4.78 is 0. The van der Waals surface area contributed by atoms with Gasteiger partial charge in [-0.3, -0.25) is 14.4 Å². The van der Waals surface area contributed by atoms with Crippen molar-refractivity contribution in [3.8, 4) is 0 Å². The Balaban J connectivity index is 1.86. The van der Waals surface area contributed by atoms with E-state index in [1.165, 1.54) is 16.2 Å². The van der Waals surface area contributed by atoms with E-state index < -0.39 is 6.04 Å². The second-order valence-electron chi connectivity index (χ2n) is 5.46. The molecule has 2 heterocycles. The van der Waals surface area contributed by atoms with Gasteiger partial charge in [-0.15, -0.1) is 11.3 Å². The van der Waals surface area contributed by atoms with Crippen molar-refractivity contribution in [2.75, 3.05) is 16.8 Å². The molecule has 2 aromatic rings. The van der Waals surface area contributed by atoms with Crippen LogP contribution in [0.2, 0.25) is 0 Å². The van der Waals surface area contributed by atoms with E-state index in [1.807, 2.05) is 6.92 Å². The summed E-state index contributed by atoms with van der Waals surface area (Å²) in [6, 6.07) is 6.02. The number of thiazole rings is 1. The molecule has 0 spiro atoms. The molecule has 24 heavy (non-hydrogen) atoms. The molecule has 0 fully saturated rings. The molecule has 3 rings (SSSR count). The Kier molecular flexibility index (Phi) is 4.30. The predicted octanol–water partition coefficient (Wildman–Crippen LogP) is 1.56. The molecule has 0 radical (unpaired) electrons. The second kappa shape index (κ2) is 6.40. The minimum Gasteiger partial charge on any atom is -0.340 e. The molecule has 1 aromatic heterocycles. The number of nitrogens with zero attached hydrogens (tertiary/aromatic N) is 2. The summed E-state index contributed by atoms with van der Waals surface area (Å²) in [6.07, 6.45) is 1.66. The standard InChI is InChI=1S/C16H16N4O3S/c1-9-7-17-16(24-9)19-13(21)8-20-12-6-4-3-5-11(12)14(22)18-10(2)15(20)23/h3-7,10H,8H2,1-2H3,(H,18,22)(H,17,19,21)/t10-/m1/s1. The fourth-order valence-corrected chi connectivity index (χ4v) is 3.15. The molecular weight excluding hydrogens is 328 g/mol. The lowest BCUT2D eigenvalue weighted by molar-refractivity contribution is -0.122. The van der Waals surface area contributed by atoms with Crippen LogP contribution in [-0.2, 0) is 9.59 Å². The average molecular weight is 344 g/mol. The Morgan fingerprint density at radius 3 is 2.83 bits per heavy atom. The molecule has 0 aliphatic carbocycles. The quantitative estimate of drug-likeness (QED) is 0.884. The van der Waals surface area contributed by atoms with E-state index in [4.69, 9.17) is 0 Å². The maximum Gasteiger partial charge on any atom is 0.254 e. The molecule has 1 aromatic carbocycles. The zero-order valence-electron chi connectivity index (χ0n) is 13.2. The van der Waals surface area contributed by atoms with Crippen molar-refractivity contribution in [2.45, 2.75) is 19.9 Å². The largest absolute Gasteiger partial charge is 0.340 e. The number of hydrogen-bond donors (Lipinski definition) is 2. The zero-order valence-corrected chi connectivity index (χ0v) is 14.0. The highest BCUT2D eigenvalue weighted by Crippen LogP contribution is 2.24. The highest BCUT2D eigenvalue weighted by Gasteiger charge is 2.32. The lowest BCUT2D eigenvalue weighted by Crippen LogP contribution is -2.46. The van der Waals surface area contributed by atoms with Gasteiger partial charge in [0, 0.05) is 11.1 Å². The van der Waals surface area contributed by atoms with Crippen LogP contribution in [0.15, 0.2) is 30.5 Å². The minimum atomic E-state index is -0.709. The van der Waals surface area contributed by atoms with Crippen molar-refractivity contribution >= 4 is 39.9 Å². The van der Waals surface area contributed by atoms with Crippen LogP contribution < -0.4 is 15.5 Å². The van der Waals surface area contributed by atoms with Crippen molar-refractivity contribution in [3.05, 3.63) is 40.9 Å². The minimum absolute atomic E-state index is 0.187. The van der Waals surface area contributed by atoms with Gasteiger partial charge in [0.1, 0.15) is 12.6 Å². The first-order valence-corrected chi connectivity index (χ1v) is 8.21. The summed E-state index contributed by atoms with van der Waals surface area (Å²) in [6.45, 7) is 3.30. The maximum atomic E-state index is 12.6. The number of carbonyl (C=O) groups is 3. The summed E-state index contributed by atoms with van der Waals surface area (Å²) in [5.41, 5.74) is 0.794. The number of amides is 3. The smallest absolute Gasteiger partial charge is 0.254 e. The van der Waals surface area contributed by atoms with Gasteiger partial charge >= 0.3 is 0 Å². The lowest BCUT2D eigenvalue weighted by atomic mass is 10.1. The number of rotatable bonds is 3. The normalized spacial score (nSPS) is 17.1. The van der Waals surface area contributed by atoms with E-state index in [0.717, 1.165) is 4.88 Å². The van der Waals surface area contributed by atoms with Gasteiger partial charge in [-0.05, 0) is 26.0 Å². The molecular formula is C16H16N4O3S. The van der Waals surface area contributed by atoms with Gasteiger partial charge in [0.2, 0.25) is 11.8 Å². The predicted molar refractivity (Wildman–Crippen MR) is 91.2 cm³/mol. The van der Waals surface area contributed by atoms with Gasteiger partial charge in [-0.25, -0.2) is 4.98 Å². The number of para-hydroxylation sites is 1. The summed E-state index contributed by atoms with van der Waals surface area (Å²) in [5.74, 6) is -1.03. The Labute approximate surface area is 142 Å². The summed E-state index contributed by atoms with van der Waals surface area (Å²) >= 11 is 1.36. The fourth-order valence-electron chi connectivity index (χ4n) is 2.47. The molecule has 1 aliphatic rings. The number of benzene rings is 1. The number of aryl methyl sites for hydroxylation is 1. The first-order valence-electron chi connectivity index (χ1n) is 7.39. The van der Waals surface area contributed by atoms with Crippen molar-refractivity contribution in [2.24, 2.45) is 0 Å². The van der Waals surface area contributed by atoms with Crippen molar-refractivity contribution < 1.29 is 14.4 Å². The number of nitrogens with one attached hydrogen (secondary N) is 2. The molecule has 1 aliphatic heterocycles. The van der Waals surface area contributed by atoms with Gasteiger partial charge in [0.25, 0.3) is 5.91 Å². The third-order valence-corrected chi connectivity index (χ3v) is 4.42. The van der Waals surface area contributed by atoms with Crippen molar-refractivity contribution in [1.82, 2.24) is 10.3 Å². The van der Waals surface area contributed by atoms with E-state index in [-0.39, 0.29) is 24.3 Å². The highest BCUT2D eigenvalue weighted by atomic mass is 32.1. The van der Waals surface area contributed by atoms with Gasteiger partial charge in [0.05, 0.1) is 11.3 Å². The van der Waals surface area contributed by atoms with Crippen LogP contribution in [-0.4, -0.2) is 35.3 Å². The fraction of sp³-hybridized carbons (Fsp3) is 0.250. The Hall–Kier alpha value is -2.74. The average Bonchev–Trinajstić information content (AvgIpc) is 2.93. The first-order chi connectivity index (χ1) is 11.5. The topological polar surface area (TPSA) is 91.4 Å². The van der Waals surface area contributed by atoms with E-state index in [9.17, 15) is 14.4 Å². The van der Waals surface area contributed by atoms with Crippen LogP contribution in [0.1, 0.15) is 22.2 Å². The third-order valence-electron chi connectivity index (χ3n) is 3.59. The number of hydrogen-bond acceptors (Lipinski definition) is 5. The maximum absolute atomic E-state index is 12.6. The first kappa shape index (κ1) is 16.1. The van der Waals surface area contributed by atoms with Gasteiger partial charge in [0.15, 0.2) is 5.13 Å². The van der Waals surface area contributed by atoms with E-state index in [2.05, 4.69) is 15.6 Å². The molecule has 1 atom stereocenters. The molecule has 0 bridgehead atoms. The van der Waals surface area contributed by atoms with Crippen LogP contribution in [0.4, 0.5) is 10.8 Å². The SMILES string of the molecule is Cc1cnc(NC(=O)CN2C(=O)[C@@H](C)NC(=O)c3ccccc32)s1. The van der Waals surface area contributed by atoms with Crippen LogP contribution >= 0.6 is 11.3 Å². The lowest BCUT2D eigenvalue weighted by Gasteiger charge is -2.23. The monoisotopic (exact) mass is 344 g/mol. The summed E-state index contributed by atoms with van der Waals surface area (Å²) in [5, 5.41) is 5.79. The van der Waals surface area contributed by atoms with Gasteiger partial charge in [-0.1, -0.05) is 12.1 Å². The van der Waals surface area contributed by atoms with Gasteiger partial charge < -0.3 is 15.5 Å². The van der Waals surface area contributed by atoms with Crippen LogP contribution in [0, 0.1) is 6.92 Å². The number of aromatic nitrogens is 1. The molecule has 0 saturated heterocycles. The second-order valence-corrected chi connectivity index (χ2v) is 6.70. The summed E-state index contributed by atoms with van der Waals surface area (Å²) in [4.78, 5) is 43.4. The van der Waals surface area contributed by atoms with Crippen LogP contribution in [0.5, 0.6) is 0 Å². The van der Waals surface area contributed by atoms with Crippen LogP contribution in [0.3, 0.4) is 0 Å². The third kappa shape index (κ3) is 3.13. The van der Waals surface area contributed by atoms with Crippen molar-refractivity contribution in [3.63, 3.8) is 0 Å². The summed E-state index contributed by atoms with van der Waals surface area (Å²) in [7, 11) is 0. The molecule has 7 nitrogen and oxygen atoms in total. The van der Waals surface area contributed by atoms with Gasteiger partial charge in [-0.2, -0.15) is 0 Å². The molecule has 0 unspecified atom stereocenters. The molecule has 124 valence electrons. The molecule has 8 heteroatoms. The van der Waals surface area contributed by atoms with Crippen molar-refractivity contribution in [1.29, 1.82) is 0 Å². The molecule has 2 N–H and O–H groups in total. The number of fused-ring (bicyclic) bond motifs is 1. The molecule has 3 amide bonds. The van der Waals surface area contributed by atoms with E-state index >= 15 is 0 Å². The Morgan fingerprint density at radius 1 is 1.38 bits per heavy atom. The Morgan fingerprint density at radius 2 is 2.12 bits per heavy atom. The molecule has 0 saturated carbocycles. The number of carbonyl (C=O) groups excluding carboxylic acids is 3. The number of anilines is 2.